The summed E-state index contributed by atoms with van der Waals surface area (Å²) in [5.41, 5.74) is 8.11. The third-order valence-electron chi connectivity index (χ3n) is 1.50. The third kappa shape index (κ3) is 2.41. The Hall–Kier alpha value is -2.17. The smallest absolute Gasteiger partial charge is 0.290 e. The van der Waals surface area contributed by atoms with E-state index in [4.69, 9.17) is 11.6 Å². The predicted molar refractivity (Wildman–Crippen MR) is 50.7 cm³/mol. The molecule has 0 radical (unpaired) electrons. The van der Waals surface area contributed by atoms with Crippen LogP contribution in [-0.4, -0.2) is 17.0 Å². The van der Waals surface area contributed by atoms with E-state index in [9.17, 15) is 4.79 Å². The van der Waals surface area contributed by atoms with Crippen LogP contribution in [0.1, 0.15) is 10.4 Å². The summed E-state index contributed by atoms with van der Waals surface area (Å²) in [6.45, 7) is 0. The second-order valence-electron chi connectivity index (χ2n) is 2.38. The van der Waals surface area contributed by atoms with Crippen LogP contribution in [0.3, 0.4) is 0 Å². The van der Waals surface area contributed by atoms with Gasteiger partial charge in [0.05, 0.1) is 0 Å². The largest absolute Gasteiger partial charge is 0.361 e. The first kappa shape index (κ1) is 9.91. The molecule has 0 aliphatic rings. The van der Waals surface area contributed by atoms with Crippen LogP contribution < -0.4 is 17.0 Å². The first-order valence-electron chi connectivity index (χ1n) is 3.83. The molecule has 0 aliphatic heterocycles. The zero-order valence-electron chi connectivity index (χ0n) is 7.34. The van der Waals surface area contributed by atoms with Gasteiger partial charge in [-0.2, -0.15) is 0 Å². The Bertz CT molecular complexity index is 356. The maximum absolute atomic E-state index is 11.0. The first-order valence-corrected chi connectivity index (χ1v) is 3.83. The summed E-state index contributed by atoms with van der Waals surface area (Å²) in [5, 5.41) is 3.73. The minimum absolute atomic E-state index is 0.348. The normalized spacial score (nSPS) is 8.64. The molecule has 0 aromatic heterocycles. The van der Waals surface area contributed by atoms with Crippen molar-refractivity contribution >= 4 is 17.9 Å². The number of benzene rings is 1. The molecule has 1 aromatic rings. The third-order valence-corrected chi connectivity index (χ3v) is 1.50. The van der Waals surface area contributed by atoms with Crippen molar-refractivity contribution in [1.29, 1.82) is 0 Å². The lowest BCUT2D eigenvalue weighted by Gasteiger charge is -1.97. The molecule has 0 aliphatic carbocycles. The van der Waals surface area contributed by atoms with Crippen molar-refractivity contribution in [3.05, 3.63) is 29.8 Å². The van der Waals surface area contributed by atoms with Gasteiger partial charge >= 0.3 is 6.34 Å². The van der Waals surface area contributed by atoms with Gasteiger partial charge in [-0.15, -0.1) is 0 Å². The number of carbonyl (C=O) groups excluding carboxylic acids is 1. The quantitative estimate of drug-likeness (QED) is 0.112. The molecular weight excluding hydrogens is 182 g/mol. The number of hydrogen-bond donors (Lipinski definition) is 3. The van der Waals surface area contributed by atoms with Crippen molar-refractivity contribution in [3.8, 4) is 0 Å². The molecule has 0 heterocycles. The van der Waals surface area contributed by atoms with Gasteiger partial charge in [0.25, 0.3) is 5.91 Å². The number of carbonyl (C=O) groups is 1. The maximum atomic E-state index is 11.0. The van der Waals surface area contributed by atoms with E-state index < -0.39 is 0 Å². The van der Waals surface area contributed by atoms with Gasteiger partial charge in [0.15, 0.2) is 0 Å². The molecule has 0 saturated heterocycles. The lowest BCUT2D eigenvalue weighted by atomic mass is 10.2. The highest BCUT2D eigenvalue weighted by atomic mass is 16.2. The Morgan fingerprint density at radius 2 is 2.07 bits per heavy atom. The number of nitrogens with two attached hydrogens (primary N) is 2. The summed E-state index contributed by atoms with van der Waals surface area (Å²) in [7, 11) is 0. The molecule has 1 aromatic carbocycles. The molecule has 0 bridgehead atoms. The highest BCUT2D eigenvalue weighted by Gasteiger charge is 2.02. The Kier molecular flexibility index (Phi) is 3.37. The zero-order chi connectivity index (χ0) is 10.4. The molecule has 72 valence electrons. The predicted octanol–water partition coefficient (Wildman–Crippen LogP) is -0.431. The van der Waals surface area contributed by atoms with Crippen molar-refractivity contribution < 1.29 is 9.58 Å². The van der Waals surface area contributed by atoms with E-state index in [0.717, 1.165) is 6.34 Å². The van der Waals surface area contributed by atoms with Gasteiger partial charge in [0.1, 0.15) is 5.69 Å². The second kappa shape index (κ2) is 4.76. The number of nitrogens with zero attached hydrogens (tertiary/aromatic N) is 2. The van der Waals surface area contributed by atoms with E-state index in [-0.39, 0.29) is 5.91 Å². The van der Waals surface area contributed by atoms with Gasteiger partial charge in [-0.25, -0.2) is 5.84 Å². The summed E-state index contributed by atoms with van der Waals surface area (Å²) < 4.78 is 0. The molecule has 0 fully saturated rings. The van der Waals surface area contributed by atoms with Gasteiger partial charge in [0.2, 0.25) is 0 Å². The van der Waals surface area contributed by atoms with Crippen LogP contribution in [0.25, 0.3) is 0 Å². The molecule has 6 nitrogen and oxygen atoms in total. The molecular formula is C8H10N5O+. The van der Waals surface area contributed by atoms with Crippen LogP contribution in [0.5, 0.6) is 0 Å². The van der Waals surface area contributed by atoms with Crippen LogP contribution in [-0.2, 0) is 0 Å². The second-order valence-corrected chi connectivity index (χ2v) is 2.38. The minimum Gasteiger partial charge on any atom is -0.290 e. The van der Waals surface area contributed by atoms with E-state index in [1.54, 1.807) is 24.3 Å². The van der Waals surface area contributed by atoms with E-state index >= 15 is 0 Å². The number of amides is 1. The highest BCUT2D eigenvalue weighted by Crippen LogP contribution is 2.11. The van der Waals surface area contributed by atoms with Gasteiger partial charge in [0, 0.05) is 10.7 Å². The topological polar surface area (TPSA) is 108 Å². The van der Waals surface area contributed by atoms with Crippen LogP contribution in [0.2, 0.25) is 0 Å². The number of hydrazine groups is 1. The van der Waals surface area contributed by atoms with Gasteiger partial charge in [-0.1, -0.05) is 4.79 Å². The Morgan fingerprint density at radius 3 is 2.57 bits per heavy atom. The molecule has 5 N–H and O–H groups in total. The van der Waals surface area contributed by atoms with Crippen LogP contribution >= 0.6 is 0 Å². The van der Waals surface area contributed by atoms with E-state index in [1.165, 1.54) is 0 Å². The fourth-order valence-corrected chi connectivity index (χ4v) is 0.863. The lowest BCUT2D eigenvalue weighted by molar-refractivity contribution is -0.0710. The fourth-order valence-electron chi connectivity index (χ4n) is 0.863. The van der Waals surface area contributed by atoms with Gasteiger partial charge in [-0.05, 0) is 24.3 Å². The van der Waals surface area contributed by atoms with Gasteiger partial charge in [-0.3, -0.25) is 16.0 Å². The molecule has 0 unspecified atom stereocenters. The molecule has 0 saturated carbocycles. The van der Waals surface area contributed by atoms with Gasteiger partial charge < -0.3 is 0 Å². The molecule has 0 spiro atoms. The van der Waals surface area contributed by atoms with Crippen molar-refractivity contribution in [2.45, 2.75) is 0 Å². The molecule has 1 rings (SSSR count). The highest BCUT2D eigenvalue weighted by molar-refractivity contribution is 5.93. The van der Waals surface area contributed by atoms with Crippen molar-refractivity contribution in [1.82, 2.24) is 5.43 Å². The molecule has 6 heteroatoms. The average molecular weight is 192 g/mol. The molecule has 1 amide bonds. The summed E-state index contributed by atoms with van der Waals surface area (Å²) in [6, 6.07) is 6.45. The Labute approximate surface area is 80.3 Å². The Balaban J connectivity index is 2.89. The maximum Gasteiger partial charge on any atom is 0.361 e. The van der Waals surface area contributed by atoms with Crippen molar-refractivity contribution in [2.75, 3.05) is 0 Å². The van der Waals surface area contributed by atoms with Crippen molar-refractivity contribution in [3.63, 3.8) is 0 Å². The number of nitrogens with one attached hydrogen (secondary N) is 1. The number of hydrogen-bond acceptors (Lipinski definition) is 3. The summed E-state index contributed by atoms with van der Waals surface area (Å²) in [6.07, 6.45) is 1.08. The monoisotopic (exact) mass is 192 g/mol. The first-order chi connectivity index (χ1) is 6.77. The lowest BCUT2D eigenvalue weighted by Crippen LogP contribution is -2.29. The minimum atomic E-state index is -0.348. The summed E-state index contributed by atoms with van der Waals surface area (Å²) >= 11 is 0. The van der Waals surface area contributed by atoms with Crippen LogP contribution in [0.4, 0.5) is 5.69 Å². The SMILES string of the molecule is NC=[N+]=Nc1ccc(C(=O)NN)cc1. The number of nitrogen functional groups attached to an aromatic ring is 1. The van der Waals surface area contributed by atoms with E-state index in [1.807, 2.05) is 5.43 Å². The summed E-state index contributed by atoms with van der Waals surface area (Å²) in [4.78, 5) is 14.5. The van der Waals surface area contributed by atoms with E-state index in [2.05, 4.69) is 9.90 Å². The fraction of sp³-hybridized carbons (Fsp3) is 0. The Morgan fingerprint density at radius 1 is 1.43 bits per heavy atom. The zero-order valence-corrected chi connectivity index (χ0v) is 7.34. The summed E-state index contributed by atoms with van der Waals surface area (Å²) in [5.74, 6) is 4.61. The van der Waals surface area contributed by atoms with Crippen molar-refractivity contribution in [2.24, 2.45) is 16.7 Å². The standard InChI is InChI=1S/C8H9N5O/c9-5-11-13-7-3-1-6(2-4-7)8(14)12-10/h1-5H,(H4,9,10,11,12,13,14)/p+1. The van der Waals surface area contributed by atoms with Crippen LogP contribution in [0, 0.1) is 0 Å². The molecule has 0 atom stereocenters. The van der Waals surface area contributed by atoms with Crippen LogP contribution in [0.15, 0.2) is 29.4 Å². The van der Waals surface area contributed by atoms with E-state index in [0.29, 0.717) is 11.3 Å². The average Bonchev–Trinajstić information content (AvgIpc) is 2.26. The number of rotatable bonds is 2. The molecule has 14 heavy (non-hydrogen) atoms.